The molecule has 2 aliphatic heterocycles. The van der Waals surface area contributed by atoms with E-state index in [-0.39, 0.29) is 115 Å². The molecule has 2 aliphatic rings. The lowest BCUT2D eigenvalue weighted by Crippen LogP contribution is -2.54. The number of ether oxygens (including phenoxy) is 2. The van der Waals surface area contributed by atoms with Gasteiger partial charge in [0.2, 0.25) is 23.6 Å². The molecule has 1 saturated heterocycles. The van der Waals surface area contributed by atoms with Crippen molar-refractivity contribution in [3.8, 4) is 0 Å². The Kier molecular flexibility index (Phi) is 28.4. The number of likely N-dealkylation sites (tertiary alicyclic amines) is 1. The molecule has 21 nitrogen and oxygen atoms in total. The van der Waals surface area contributed by atoms with Gasteiger partial charge in [-0.3, -0.25) is 53.4 Å². The van der Waals surface area contributed by atoms with Crippen molar-refractivity contribution < 1.29 is 52.8 Å². The van der Waals surface area contributed by atoms with E-state index < -0.39 is 58.6 Å². The molecule has 90 heavy (non-hydrogen) atoms. The Balaban J connectivity index is 1.19. The largest absolute Gasteiger partial charge is 0.379 e. The van der Waals surface area contributed by atoms with E-state index in [2.05, 4.69) is 27.7 Å². The van der Waals surface area contributed by atoms with Gasteiger partial charge < -0.3 is 34.8 Å². The molecule has 0 spiro atoms. The number of amides is 6. The Morgan fingerprint density at radius 3 is 2.11 bits per heavy atom. The number of anilines is 1. The van der Waals surface area contributed by atoms with Crippen LogP contribution < -0.4 is 16.1 Å². The number of hydrogen-bond donors (Lipinski definition) is 3. The minimum atomic E-state index is -0.834. The minimum absolute atomic E-state index is 0.0166. The molecule has 3 aromatic rings. The number of ketones is 2. The quantitative estimate of drug-likeness (QED) is 0.0212. The average Bonchev–Trinajstić information content (AvgIpc) is 1.44. The molecule has 1 fully saturated rings. The van der Waals surface area contributed by atoms with Crippen LogP contribution in [0.25, 0.3) is 0 Å². The van der Waals surface area contributed by atoms with Gasteiger partial charge in [-0.2, -0.15) is 5.10 Å². The van der Waals surface area contributed by atoms with Gasteiger partial charge >= 0.3 is 0 Å². The molecular formula is C69H97N9O12. The second-order valence-corrected chi connectivity index (χ2v) is 25.0. The van der Waals surface area contributed by atoms with E-state index in [9.17, 15) is 48.5 Å². The molecule has 0 radical (unpaired) electrons. The minimum Gasteiger partial charge on any atom is -0.379 e. The number of nitro groups is 1. The third kappa shape index (κ3) is 20.1. The maximum absolute atomic E-state index is 14.6. The molecule has 490 valence electrons. The van der Waals surface area contributed by atoms with Crippen LogP contribution in [0.1, 0.15) is 147 Å². The molecule has 3 aromatic carbocycles. The molecule has 0 unspecified atom stereocenters. The Labute approximate surface area is 531 Å². The number of hydrazone groups is 1. The van der Waals surface area contributed by atoms with E-state index in [1.54, 1.807) is 73.0 Å². The molecule has 0 saturated carbocycles. The van der Waals surface area contributed by atoms with Crippen molar-refractivity contribution in [2.75, 3.05) is 53.8 Å². The van der Waals surface area contributed by atoms with Gasteiger partial charge in [0.25, 0.3) is 17.5 Å². The maximum Gasteiger partial charge on any atom is 0.284 e. The molecule has 0 aliphatic carbocycles. The van der Waals surface area contributed by atoms with Crippen LogP contribution in [0.15, 0.2) is 102 Å². The zero-order valence-electron chi connectivity index (χ0n) is 55.1. The van der Waals surface area contributed by atoms with Crippen LogP contribution in [0.4, 0.5) is 11.4 Å². The van der Waals surface area contributed by atoms with Gasteiger partial charge in [-0.05, 0) is 106 Å². The van der Waals surface area contributed by atoms with Crippen LogP contribution in [0, 0.1) is 45.6 Å². The number of hydrogen-bond acceptors (Lipinski definition) is 14. The Morgan fingerprint density at radius 1 is 0.833 bits per heavy atom. The van der Waals surface area contributed by atoms with E-state index in [1.807, 2.05) is 90.9 Å². The number of unbranched alkanes of at least 4 members (excludes halogenated alkanes) is 2. The summed E-state index contributed by atoms with van der Waals surface area (Å²) in [7, 11) is 8.61. The summed E-state index contributed by atoms with van der Waals surface area (Å²) in [6, 6.07) is 19.1. The molecule has 6 amide bonds. The van der Waals surface area contributed by atoms with Crippen LogP contribution in [0.3, 0.4) is 0 Å². The van der Waals surface area contributed by atoms with E-state index >= 15 is 0 Å². The van der Waals surface area contributed by atoms with Gasteiger partial charge in [-0.15, -0.1) is 0 Å². The molecule has 9 atom stereocenters. The fourth-order valence-electron chi connectivity index (χ4n) is 12.5. The average molecular weight is 1240 g/mol. The topological polar surface area (TPSA) is 260 Å². The number of allylic oxidation sites excluding steroid dienone is 1. The number of methoxy groups -OCH3 is 2. The summed E-state index contributed by atoms with van der Waals surface area (Å²) in [5, 5.41) is 22.0. The van der Waals surface area contributed by atoms with Gasteiger partial charge in [0, 0.05) is 101 Å². The SMILES string of the molecule is C=C1C=CC(=O)N1CCCCCC(=O)Nc1ccc(C(=O)N/N=C(\C)c2ccc(CNC(=O)[C@@H](CC(=O)[C@H](C)[C@@H](OC)[C@@H]3CCCN3C(=O)C[C@@H](OC)[C@H]([C@@H](C)CC)N(C)C(=O)[C@@H](CC(=O)[C@H](C(C)C)N(C)C)C(C)C)Cc3ccccc3)cc2)c([N+](=O)[O-])c1. The number of benzene rings is 3. The van der Waals surface area contributed by atoms with Gasteiger partial charge in [-0.25, -0.2) is 5.43 Å². The highest BCUT2D eigenvalue weighted by Crippen LogP contribution is 2.33. The summed E-state index contributed by atoms with van der Waals surface area (Å²) in [6.45, 7) is 20.4. The Hall–Kier alpha value is -7.75. The molecule has 5 rings (SSSR count). The lowest BCUT2D eigenvalue weighted by atomic mass is 9.83. The van der Waals surface area contributed by atoms with Gasteiger partial charge in [-0.1, -0.05) is 122 Å². The zero-order chi connectivity index (χ0) is 66.5. The lowest BCUT2D eigenvalue weighted by Gasteiger charge is -2.41. The molecule has 0 bridgehead atoms. The summed E-state index contributed by atoms with van der Waals surface area (Å²) in [5.74, 6) is -4.26. The maximum atomic E-state index is 14.6. The van der Waals surface area contributed by atoms with Crippen LogP contribution in [-0.4, -0.2) is 156 Å². The van der Waals surface area contributed by atoms with Gasteiger partial charge in [0.15, 0.2) is 5.78 Å². The third-order valence-corrected chi connectivity index (χ3v) is 17.8. The fraction of sp³-hybridized carbons (Fsp3) is 0.551. The first-order chi connectivity index (χ1) is 42.7. The van der Waals surface area contributed by atoms with Crippen molar-refractivity contribution in [2.24, 2.45) is 40.6 Å². The molecule has 0 aromatic heterocycles. The summed E-state index contributed by atoms with van der Waals surface area (Å²) in [6.07, 6.45) is 6.08. The smallest absolute Gasteiger partial charge is 0.284 e. The van der Waals surface area contributed by atoms with Crippen molar-refractivity contribution in [1.82, 2.24) is 30.3 Å². The number of nitro benzene ring substituents is 1. The normalized spacial score (nSPS) is 17.0. The number of nitrogens with zero attached hydrogens (tertiary/aromatic N) is 6. The second-order valence-electron chi connectivity index (χ2n) is 25.0. The number of nitrogens with one attached hydrogen (secondary N) is 3. The number of Topliss-reactive ketones (excluding diaryl/α,β-unsaturated/α-hetero) is 2. The zero-order valence-corrected chi connectivity index (χ0v) is 55.1. The highest BCUT2D eigenvalue weighted by molar-refractivity contribution is 6.03. The van der Waals surface area contributed by atoms with Crippen LogP contribution in [-0.2, 0) is 56.0 Å². The highest BCUT2D eigenvalue weighted by Gasteiger charge is 2.44. The van der Waals surface area contributed by atoms with Crippen LogP contribution in [0.2, 0.25) is 0 Å². The van der Waals surface area contributed by atoms with Crippen LogP contribution >= 0.6 is 0 Å². The van der Waals surface area contributed by atoms with Crippen molar-refractivity contribution in [3.63, 3.8) is 0 Å². The highest BCUT2D eigenvalue weighted by atomic mass is 16.6. The predicted molar refractivity (Wildman–Crippen MR) is 348 cm³/mol. The van der Waals surface area contributed by atoms with E-state index in [0.717, 1.165) is 17.2 Å². The van der Waals surface area contributed by atoms with Crippen molar-refractivity contribution in [3.05, 3.63) is 130 Å². The number of likely N-dealkylation sites (N-methyl/N-ethyl adjacent to an activating group) is 2. The van der Waals surface area contributed by atoms with Crippen molar-refractivity contribution in [2.45, 2.75) is 163 Å². The summed E-state index contributed by atoms with van der Waals surface area (Å²) < 4.78 is 12.2. The number of carbonyl (C=O) groups is 8. The summed E-state index contributed by atoms with van der Waals surface area (Å²) in [4.78, 5) is 128. The lowest BCUT2D eigenvalue weighted by molar-refractivity contribution is -0.385. The standard InChI is InChI=1S/C69H97N9O12/c1-15-45(6)65(75(12)69(86)55(43(2)3)40-59(80)64(44(4)5)74(10)11)60(89-13)41-63(83)77-36-22-25-56(77)66(90-14)47(8)58(79)38-52(37-49-23-18-16-19-24-49)67(84)70-42-50-28-30-51(31-29-50)48(9)72-73-68(85)54-33-32-53(39-57(54)78(87)88)71-61(81)26-20-17-21-35-76-46(7)27-34-62(76)82/h16,18-19,23-24,27-34,39,43-45,47,52,55-56,60,64-66H,7,15,17,20-22,25-26,35-38,40-42H2,1-6,8-14H3,(H,70,84)(H,71,81)(H,73,85)/b72-48+/t45-,47-,52+,55-,56-,60+,64-,65-,66+/m0/s1. The van der Waals surface area contributed by atoms with Crippen molar-refractivity contribution in [1.29, 1.82) is 0 Å². The van der Waals surface area contributed by atoms with Gasteiger partial charge in [0.1, 0.15) is 11.3 Å². The summed E-state index contributed by atoms with van der Waals surface area (Å²) in [5.41, 5.74) is 5.02. The van der Waals surface area contributed by atoms with E-state index in [4.69, 9.17) is 9.47 Å². The Morgan fingerprint density at radius 2 is 1.52 bits per heavy atom. The van der Waals surface area contributed by atoms with Crippen molar-refractivity contribution >= 4 is 64.1 Å². The van der Waals surface area contributed by atoms with Gasteiger partial charge in [0.05, 0.1) is 47.4 Å². The second kappa shape index (κ2) is 35.0. The fourth-order valence-corrected chi connectivity index (χ4v) is 12.5. The number of rotatable bonds is 36. The third-order valence-electron chi connectivity index (χ3n) is 17.8. The monoisotopic (exact) mass is 1240 g/mol. The van der Waals surface area contributed by atoms with Crippen LogP contribution in [0.5, 0.6) is 0 Å². The first-order valence-electron chi connectivity index (χ1n) is 31.6. The molecule has 21 heteroatoms. The molecule has 2 heterocycles. The molecule has 3 N–H and O–H groups in total. The number of carbonyl (C=O) groups excluding carboxylic acids is 8. The summed E-state index contributed by atoms with van der Waals surface area (Å²) >= 11 is 0. The molecular weight excluding hydrogens is 1150 g/mol. The first-order valence-corrected chi connectivity index (χ1v) is 31.6. The van der Waals surface area contributed by atoms with E-state index in [0.29, 0.717) is 68.6 Å². The predicted octanol–water partition coefficient (Wildman–Crippen LogP) is 9.33. The van der Waals surface area contributed by atoms with E-state index in [1.165, 1.54) is 25.3 Å². The first kappa shape index (κ1) is 73.0. The Bertz CT molecular complexity index is 3030.